The Morgan fingerprint density at radius 3 is 2.54 bits per heavy atom. The minimum absolute atomic E-state index is 0.0781. The summed E-state index contributed by atoms with van der Waals surface area (Å²) < 4.78 is 0. The Bertz CT molecular complexity index is 163. The van der Waals surface area contributed by atoms with Crippen molar-refractivity contribution >= 4 is 5.97 Å². The number of unbranched alkanes of at least 4 members (excludes halogenated alkanes) is 2. The maximum absolute atomic E-state index is 10.8. The van der Waals surface area contributed by atoms with Gasteiger partial charge in [0.2, 0.25) is 0 Å². The molecule has 0 heterocycles. The van der Waals surface area contributed by atoms with Crippen molar-refractivity contribution in [1.82, 2.24) is 0 Å². The van der Waals surface area contributed by atoms with Gasteiger partial charge in [0.15, 0.2) is 0 Å². The van der Waals surface area contributed by atoms with Gasteiger partial charge in [0.25, 0.3) is 0 Å². The summed E-state index contributed by atoms with van der Waals surface area (Å²) in [7, 11) is 0. The smallest absolute Gasteiger partial charge is 0.307 e. The summed E-state index contributed by atoms with van der Waals surface area (Å²) in [4.78, 5) is 10.8. The van der Waals surface area contributed by atoms with Crippen LogP contribution in [0, 0.1) is 11.8 Å². The molecule has 0 bridgehead atoms. The molecule has 0 saturated heterocycles. The van der Waals surface area contributed by atoms with Gasteiger partial charge in [0.1, 0.15) is 0 Å². The van der Waals surface area contributed by atoms with Gasteiger partial charge < -0.3 is 5.11 Å². The molecule has 76 valence electrons. The van der Waals surface area contributed by atoms with Crippen molar-refractivity contribution in [2.75, 3.05) is 0 Å². The number of allylic oxidation sites excluding steroid dienone is 1. The number of rotatable bonds is 7. The highest BCUT2D eigenvalue weighted by molar-refractivity contribution is 5.70. The van der Waals surface area contributed by atoms with Gasteiger partial charge in [-0.05, 0) is 12.3 Å². The van der Waals surface area contributed by atoms with Gasteiger partial charge in [0, 0.05) is 0 Å². The maximum atomic E-state index is 10.8. The molecule has 0 saturated carbocycles. The summed E-state index contributed by atoms with van der Waals surface area (Å²) in [5.41, 5.74) is 0. The molecule has 0 radical (unpaired) electrons. The zero-order chi connectivity index (χ0) is 10.3. The van der Waals surface area contributed by atoms with E-state index in [4.69, 9.17) is 5.11 Å². The van der Waals surface area contributed by atoms with E-state index in [1.807, 2.05) is 6.92 Å². The molecule has 2 heteroatoms. The topological polar surface area (TPSA) is 37.3 Å². The zero-order valence-electron chi connectivity index (χ0n) is 8.62. The molecule has 0 aliphatic heterocycles. The number of hydrogen-bond donors (Lipinski definition) is 1. The fourth-order valence-corrected chi connectivity index (χ4v) is 1.39. The molecule has 0 spiro atoms. The lowest BCUT2D eigenvalue weighted by Gasteiger charge is -2.16. The third-order valence-corrected chi connectivity index (χ3v) is 2.44. The Hall–Kier alpha value is -0.790. The van der Waals surface area contributed by atoms with E-state index in [2.05, 4.69) is 13.5 Å². The van der Waals surface area contributed by atoms with Crippen LogP contribution in [0.25, 0.3) is 0 Å². The van der Waals surface area contributed by atoms with Crippen LogP contribution in [0.15, 0.2) is 12.7 Å². The Labute approximate surface area is 80.7 Å². The predicted molar refractivity (Wildman–Crippen MR) is 54.6 cm³/mol. The molecule has 0 aromatic rings. The quantitative estimate of drug-likeness (QED) is 0.487. The normalized spacial score (nSPS) is 14.9. The van der Waals surface area contributed by atoms with E-state index in [1.165, 1.54) is 0 Å². The van der Waals surface area contributed by atoms with Crippen LogP contribution in [0.5, 0.6) is 0 Å². The lowest BCUT2D eigenvalue weighted by atomic mass is 9.89. The second-order valence-electron chi connectivity index (χ2n) is 3.54. The number of carboxylic acid groups (broad SMARTS) is 1. The van der Waals surface area contributed by atoms with Crippen molar-refractivity contribution in [3.05, 3.63) is 12.7 Å². The van der Waals surface area contributed by atoms with Gasteiger partial charge in [-0.1, -0.05) is 39.2 Å². The molecule has 0 fully saturated rings. The molecule has 13 heavy (non-hydrogen) atoms. The highest BCUT2D eigenvalue weighted by atomic mass is 16.4. The van der Waals surface area contributed by atoms with E-state index in [-0.39, 0.29) is 11.8 Å². The fourth-order valence-electron chi connectivity index (χ4n) is 1.39. The molecule has 0 unspecified atom stereocenters. The van der Waals surface area contributed by atoms with Crippen LogP contribution in [0.3, 0.4) is 0 Å². The molecule has 0 rings (SSSR count). The van der Waals surface area contributed by atoms with E-state index >= 15 is 0 Å². The summed E-state index contributed by atoms with van der Waals surface area (Å²) >= 11 is 0. The summed E-state index contributed by atoms with van der Waals surface area (Å²) in [6.07, 6.45) is 5.76. The van der Waals surface area contributed by atoms with E-state index in [0.29, 0.717) is 0 Å². The van der Waals surface area contributed by atoms with Crippen molar-refractivity contribution in [2.45, 2.75) is 39.5 Å². The Balaban J connectivity index is 3.95. The first kappa shape index (κ1) is 12.2. The number of carbonyl (C=O) groups is 1. The van der Waals surface area contributed by atoms with Crippen LogP contribution in [-0.4, -0.2) is 11.1 Å². The summed E-state index contributed by atoms with van der Waals surface area (Å²) in [5, 5.41) is 8.93. The Morgan fingerprint density at radius 2 is 2.15 bits per heavy atom. The van der Waals surface area contributed by atoms with Crippen molar-refractivity contribution in [3.63, 3.8) is 0 Å². The van der Waals surface area contributed by atoms with E-state index < -0.39 is 5.97 Å². The average molecular weight is 184 g/mol. The second-order valence-corrected chi connectivity index (χ2v) is 3.54. The molecule has 0 aliphatic rings. The van der Waals surface area contributed by atoms with Gasteiger partial charge in [0.05, 0.1) is 5.92 Å². The highest BCUT2D eigenvalue weighted by Crippen LogP contribution is 2.20. The number of hydrogen-bond acceptors (Lipinski definition) is 1. The number of carboxylic acids is 1. The third kappa shape index (κ3) is 4.71. The lowest BCUT2D eigenvalue weighted by Crippen LogP contribution is -2.20. The molecular weight excluding hydrogens is 164 g/mol. The molecule has 2 nitrogen and oxygen atoms in total. The average Bonchev–Trinajstić information content (AvgIpc) is 2.11. The molecule has 0 amide bonds. The molecule has 0 aromatic heterocycles. The van der Waals surface area contributed by atoms with Gasteiger partial charge in [-0.3, -0.25) is 4.79 Å². The largest absolute Gasteiger partial charge is 0.481 e. The van der Waals surface area contributed by atoms with Gasteiger partial charge in [-0.2, -0.15) is 0 Å². The van der Waals surface area contributed by atoms with E-state index in [9.17, 15) is 4.79 Å². The molecule has 2 atom stereocenters. The third-order valence-electron chi connectivity index (χ3n) is 2.44. The predicted octanol–water partition coefficient (Wildman–Crippen LogP) is 3.09. The van der Waals surface area contributed by atoms with Crippen molar-refractivity contribution in [2.24, 2.45) is 11.8 Å². The number of aliphatic carboxylic acids is 1. The SMILES string of the molecule is C=C[C@@H](C)[C@@H](CCCCC)C(=O)O. The first-order valence-corrected chi connectivity index (χ1v) is 4.98. The highest BCUT2D eigenvalue weighted by Gasteiger charge is 2.21. The standard InChI is InChI=1S/C11H20O2/c1-4-6-7-8-10(11(12)13)9(3)5-2/h5,9-10H,2,4,6-8H2,1,3H3,(H,12,13)/t9-,10-/m1/s1. The second kappa shape index (κ2) is 6.70. The summed E-state index contributed by atoms with van der Waals surface area (Å²) in [6, 6.07) is 0. The van der Waals surface area contributed by atoms with Crippen molar-refractivity contribution < 1.29 is 9.90 Å². The van der Waals surface area contributed by atoms with E-state index in [0.717, 1.165) is 25.7 Å². The molecular formula is C11H20O2. The molecule has 0 aromatic carbocycles. The van der Waals surface area contributed by atoms with E-state index in [1.54, 1.807) is 6.08 Å². The fraction of sp³-hybridized carbons (Fsp3) is 0.727. The lowest BCUT2D eigenvalue weighted by molar-refractivity contribution is -0.143. The van der Waals surface area contributed by atoms with Gasteiger partial charge in [-0.15, -0.1) is 6.58 Å². The van der Waals surface area contributed by atoms with Crippen LogP contribution < -0.4 is 0 Å². The maximum Gasteiger partial charge on any atom is 0.307 e. The molecule has 1 N–H and O–H groups in total. The Kier molecular flexibility index (Phi) is 6.29. The minimum Gasteiger partial charge on any atom is -0.481 e. The summed E-state index contributed by atoms with van der Waals surface area (Å²) in [5.74, 6) is -0.859. The Morgan fingerprint density at radius 1 is 1.54 bits per heavy atom. The first-order valence-electron chi connectivity index (χ1n) is 4.98. The minimum atomic E-state index is -0.691. The molecule has 0 aliphatic carbocycles. The van der Waals surface area contributed by atoms with Crippen LogP contribution in [0.4, 0.5) is 0 Å². The van der Waals surface area contributed by atoms with Crippen LogP contribution >= 0.6 is 0 Å². The van der Waals surface area contributed by atoms with Crippen LogP contribution in [-0.2, 0) is 4.79 Å². The van der Waals surface area contributed by atoms with Crippen molar-refractivity contribution in [1.29, 1.82) is 0 Å². The van der Waals surface area contributed by atoms with Gasteiger partial charge >= 0.3 is 5.97 Å². The first-order chi connectivity index (χ1) is 6.13. The zero-order valence-corrected chi connectivity index (χ0v) is 8.62. The van der Waals surface area contributed by atoms with Gasteiger partial charge in [-0.25, -0.2) is 0 Å². The summed E-state index contributed by atoms with van der Waals surface area (Å²) in [6.45, 7) is 7.66. The van der Waals surface area contributed by atoms with Crippen molar-refractivity contribution in [3.8, 4) is 0 Å². The van der Waals surface area contributed by atoms with Crippen LogP contribution in [0.2, 0.25) is 0 Å². The van der Waals surface area contributed by atoms with Crippen LogP contribution in [0.1, 0.15) is 39.5 Å². The monoisotopic (exact) mass is 184 g/mol.